The van der Waals surface area contributed by atoms with Crippen molar-refractivity contribution in [1.29, 1.82) is 0 Å². The van der Waals surface area contributed by atoms with E-state index in [-0.39, 0.29) is 23.5 Å². The Morgan fingerprint density at radius 2 is 1.48 bits per heavy atom. The number of carbonyl (C=O) groups is 1. The first-order valence-electron chi connectivity index (χ1n) is 10.4. The third-order valence-electron chi connectivity index (χ3n) is 5.56. The highest BCUT2D eigenvalue weighted by molar-refractivity contribution is 5.88. The fraction of sp³-hybridized carbons (Fsp3) is 0.192. The minimum Gasteiger partial charge on any atom is -0.361 e. The zero-order valence-corrected chi connectivity index (χ0v) is 17.1. The van der Waals surface area contributed by atoms with Gasteiger partial charge in [-0.15, -0.1) is 0 Å². The molecule has 0 atom stereocenters. The van der Waals surface area contributed by atoms with Crippen molar-refractivity contribution >= 4 is 16.8 Å². The lowest BCUT2D eigenvalue weighted by Gasteiger charge is -2.18. The van der Waals surface area contributed by atoms with Crippen LogP contribution in [0.1, 0.15) is 35.4 Å². The van der Waals surface area contributed by atoms with Gasteiger partial charge in [0.15, 0.2) is 0 Å². The Labute approximate surface area is 180 Å². The molecule has 0 bridgehead atoms. The lowest BCUT2D eigenvalue weighted by atomic mass is 9.87. The van der Waals surface area contributed by atoms with E-state index in [1.807, 2.05) is 30.5 Å². The molecule has 0 aliphatic carbocycles. The van der Waals surface area contributed by atoms with Crippen molar-refractivity contribution in [2.24, 2.45) is 0 Å². The molecule has 0 fully saturated rings. The first kappa shape index (κ1) is 20.8. The maximum atomic E-state index is 13.4. The number of carbonyl (C=O) groups excluding carboxylic acids is 1. The topological polar surface area (TPSA) is 44.9 Å². The number of rotatable bonds is 8. The van der Waals surface area contributed by atoms with Crippen molar-refractivity contribution in [2.45, 2.75) is 25.2 Å². The molecule has 0 aliphatic rings. The largest absolute Gasteiger partial charge is 0.361 e. The van der Waals surface area contributed by atoms with Gasteiger partial charge in [-0.05, 0) is 59.9 Å². The van der Waals surface area contributed by atoms with E-state index in [1.165, 1.54) is 24.3 Å². The molecule has 31 heavy (non-hydrogen) atoms. The van der Waals surface area contributed by atoms with E-state index in [1.54, 1.807) is 24.3 Å². The van der Waals surface area contributed by atoms with Gasteiger partial charge >= 0.3 is 0 Å². The van der Waals surface area contributed by atoms with E-state index in [9.17, 15) is 13.6 Å². The Morgan fingerprint density at radius 1 is 0.871 bits per heavy atom. The first-order valence-corrected chi connectivity index (χ1v) is 10.4. The van der Waals surface area contributed by atoms with Crippen LogP contribution in [0, 0.1) is 11.6 Å². The fourth-order valence-corrected chi connectivity index (χ4v) is 3.96. The van der Waals surface area contributed by atoms with Gasteiger partial charge in [-0.3, -0.25) is 4.79 Å². The number of hydrogen-bond donors (Lipinski definition) is 2. The molecule has 1 heterocycles. The fourth-order valence-electron chi connectivity index (χ4n) is 3.96. The van der Waals surface area contributed by atoms with E-state index in [2.05, 4.69) is 10.3 Å². The van der Waals surface area contributed by atoms with Crippen LogP contribution in [-0.4, -0.2) is 17.4 Å². The molecule has 0 saturated carbocycles. The Hall–Kier alpha value is -3.47. The van der Waals surface area contributed by atoms with E-state index >= 15 is 0 Å². The van der Waals surface area contributed by atoms with Gasteiger partial charge in [-0.1, -0.05) is 42.5 Å². The number of benzene rings is 3. The normalized spacial score (nSPS) is 11.2. The van der Waals surface area contributed by atoms with Gasteiger partial charge in [0.1, 0.15) is 11.6 Å². The molecular formula is C26H24F2N2O. The standard InChI is InChI=1S/C26H24F2N2O/c27-21-11-7-18(8-12-21)23(19-9-13-22(28)14-10-19)5-3-15-29-26(31)16-20-17-30-25-6-2-1-4-24(20)25/h1-2,4,6-14,17,23,30H,3,5,15-16H2,(H,29,31). The number of amides is 1. The van der Waals surface area contributed by atoms with Crippen molar-refractivity contribution in [3.05, 3.63) is 107 Å². The SMILES string of the molecule is O=C(Cc1c[nH]c2ccccc12)NCCCC(c1ccc(F)cc1)c1ccc(F)cc1. The molecule has 4 rings (SSSR count). The van der Waals surface area contributed by atoms with Crippen molar-refractivity contribution < 1.29 is 13.6 Å². The van der Waals surface area contributed by atoms with Gasteiger partial charge in [0.25, 0.3) is 0 Å². The third kappa shape index (κ3) is 5.18. The van der Waals surface area contributed by atoms with Crippen LogP contribution in [0.3, 0.4) is 0 Å². The predicted molar refractivity (Wildman–Crippen MR) is 119 cm³/mol. The summed E-state index contributed by atoms with van der Waals surface area (Å²) in [6.07, 6.45) is 3.70. The molecule has 3 aromatic carbocycles. The molecule has 3 nitrogen and oxygen atoms in total. The number of nitrogens with one attached hydrogen (secondary N) is 2. The third-order valence-corrected chi connectivity index (χ3v) is 5.56. The van der Waals surface area contributed by atoms with Crippen molar-refractivity contribution in [1.82, 2.24) is 10.3 Å². The first-order chi connectivity index (χ1) is 15.1. The summed E-state index contributed by atoms with van der Waals surface area (Å²) in [5, 5.41) is 4.05. The van der Waals surface area contributed by atoms with Gasteiger partial charge in [-0.2, -0.15) is 0 Å². The van der Waals surface area contributed by atoms with E-state index < -0.39 is 0 Å². The van der Waals surface area contributed by atoms with Gasteiger partial charge in [0.2, 0.25) is 5.91 Å². The minimum atomic E-state index is -0.286. The molecule has 1 aromatic heterocycles. The number of halogens is 2. The highest BCUT2D eigenvalue weighted by Crippen LogP contribution is 2.29. The van der Waals surface area contributed by atoms with Crippen molar-refractivity contribution in [3.8, 4) is 0 Å². The molecule has 158 valence electrons. The van der Waals surface area contributed by atoms with Crippen LogP contribution < -0.4 is 5.32 Å². The Morgan fingerprint density at radius 3 is 2.13 bits per heavy atom. The van der Waals surface area contributed by atoms with E-state index in [4.69, 9.17) is 0 Å². The van der Waals surface area contributed by atoms with Gasteiger partial charge < -0.3 is 10.3 Å². The summed E-state index contributed by atoms with van der Waals surface area (Å²) in [7, 11) is 0. The smallest absolute Gasteiger partial charge is 0.224 e. The summed E-state index contributed by atoms with van der Waals surface area (Å²) in [6.45, 7) is 0.542. The Kier molecular flexibility index (Phi) is 6.41. The summed E-state index contributed by atoms with van der Waals surface area (Å²) < 4.78 is 26.7. The molecule has 2 N–H and O–H groups in total. The summed E-state index contributed by atoms with van der Waals surface area (Å²) in [5.74, 6) is -0.589. The molecule has 5 heteroatoms. The summed E-state index contributed by atoms with van der Waals surface area (Å²) in [4.78, 5) is 15.6. The van der Waals surface area contributed by atoms with Crippen LogP contribution in [0.4, 0.5) is 8.78 Å². The monoisotopic (exact) mass is 418 g/mol. The van der Waals surface area contributed by atoms with Crippen LogP contribution in [0.2, 0.25) is 0 Å². The molecule has 0 unspecified atom stereocenters. The second-order valence-corrected chi connectivity index (χ2v) is 7.68. The average Bonchev–Trinajstić information content (AvgIpc) is 3.18. The highest BCUT2D eigenvalue weighted by atomic mass is 19.1. The summed E-state index contributed by atoms with van der Waals surface area (Å²) in [5.41, 5.74) is 3.94. The molecular weight excluding hydrogens is 394 g/mol. The molecule has 0 radical (unpaired) electrons. The molecule has 4 aromatic rings. The number of aromatic nitrogens is 1. The van der Waals surface area contributed by atoms with Crippen LogP contribution in [0.25, 0.3) is 10.9 Å². The maximum absolute atomic E-state index is 13.4. The lowest BCUT2D eigenvalue weighted by Crippen LogP contribution is -2.26. The minimum absolute atomic E-state index is 0.00622. The van der Waals surface area contributed by atoms with Gasteiger partial charge in [0, 0.05) is 29.6 Å². The Balaban J connectivity index is 1.35. The summed E-state index contributed by atoms with van der Waals surface area (Å²) in [6, 6.07) is 20.7. The van der Waals surface area contributed by atoms with E-state index in [0.717, 1.165) is 40.4 Å². The number of fused-ring (bicyclic) bond motifs is 1. The maximum Gasteiger partial charge on any atom is 0.224 e. The number of hydrogen-bond acceptors (Lipinski definition) is 1. The number of aromatic amines is 1. The average molecular weight is 418 g/mol. The highest BCUT2D eigenvalue weighted by Gasteiger charge is 2.15. The molecule has 1 amide bonds. The van der Waals surface area contributed by atoms with E-state index in [0.29, 0.717) is 13.0 Å². The molecule has 0 saturated heterocycles. The predicted octanol–water partition coefficient (Wildman–Crippen LogP) is 5.72. The second kappa shape index (κ2) is 9.56. The van der Waals surface area contributed by atoms with Crippen molar-refractivity contribution in [3.63, 3.8) is 0 Å². The number of para-hydroxylation sites is 1. The Bertz CT molecular complexity index is 1100. The van der Waals surface area contributed by atoms with Gasteiger partial charge in [0.05, 0.1) is 6.42 Å². The zero-order valence-electron chi connectivity index (χ0n) is 17.1. The number of H-pyrrole nitrogens is 1. The van der Waals surface area contributed by atoms with Crippen LogP contribution in [0.5, 0.6) is 0 Å². The van der Waals surface area contributed by atoms with Crippen LogP contribution in [-0.2, 0) is 11.2 Å². The van der Waals surface area contributed by atoms with Crippen LogP contribution in [0.15, 0.2) is 79.0 Å². The lowest BCUT2D eigenvalue weighted by molar-refractivity contribution is -0.120. The molecule has 0 aliphatic heterocycles. The molecule has 0 spiro atoms. The quantitative estimate of drug-likeness (QED) is 0.353. The summed E-state index contributed by atoms with van der Waals surface area (Å²) >= 11 is 0. The second-order valence-electron chi connectivity index (χ2n) is 7.68. The van der Waals surface area contributed by atoms with Crippen molar-refractivity contribution in [2.75, 3.05) is 6.54 Å². The zero-order chi connectivity index (χ0) is 21.6. The van der Waals surface area contributed by atoms with Gasteiger partial charge in [-0.25, -0.2) is 8.78 Å². The van der Waals surface area contributed by atoms with Crippen LogP contribution >= 0.6 is 0 Å².